The van der Waals surface area contributed by atoms with E-state index in [-0.39, 0.29) is 23.2 Å². The molecule has 1 aromatic carbocycles. The van der Waals surface area contributed by atoms with Gasteiger partial charge in [-0.25, -0.2) is 14.3 Å². The third-order valence-electron chi connectivity index (χ3n) is 3.78. The van der Waals surface area contributed by atoms with Crippen molar-refractivity contribution in [2.45, 2.75) is 44.9 Å². The first-order valence-electron chi connectivity index (χ1n) is 8.35. The van der Waals surface area contributed by atoms with Crippen molar-refractivity contribution in [3.63, 3.8) is 0 Å². The molecule has 25 heavy (non-hydrogen) atoms. The van der Waals surface area contributed by atoms with Crippen LogP contribution in [-0.2, 0) is 17.9 Å². The molecule has 0 aliphatic heterocycles. The Hall–Kier alpha value is -2.09. The molecule has 2 rings (SSSR count). The first kappa shape index (κ1) is 19.2. The average molecular weight is 366 g/mol. The number of halogens is 1. The molecule has 136 valence electrons. The predicted molar refractivity (Wildman–Crippen MR) is 96.0 cm³/mol. The van der Waals surface area contributed by atoms with Gasteiger partial charge in [0.05, 0.1) is 5.75 Å². The number of rotatable bonds is 9. The van der Waals surface area contributed by atoms with Gasteiger partial charge in [-0.2, -0.15) is 0 Å². The number of amides is 1. The molecule has 1 heterocycles. The van der Waals surface area contributed by atoms with E-state index in [0.717, 1.165) is 18.4 Å². The summed E-state index contributed by atoms with van der Waals surface area (Å²) < 4.78 is 14.8. The fraction of sp³-hybridized carbons (Fsp3) is 0.471. The van der Waals surface area contributed by atoms with Gasteiger partial charge in [-0.15, -0.1) is 5.10 Å². The number of thioether (sulfide) groups is 1. The maximum absolute atomic E-state index is 13.3. The number of hydrogen-bond acceptors (Lipinski definition) is 4. The minimum atomic E-state index is -0.313. The Labute approximate surface area is 150 Å². The number of nitrogens with zero attached hydrogens (tertiary/aromatic N) is 3. The third-order valence-corrected chi connectivity index (χ3v) is 4.74. The van der Waals surface area contributed by atoms with Crippen LogP contribution in [0.2, 0.25) is 0 Å². The minimum absolute atomic E-state index is 0.0748. The highest BCUT2D eigenvalue weighted by Crippen LogP contribution is 2.16. The molecule has 0 unspecified atom stereocenters. The smallest absolute Gasteiger partial charge is 0.338 e. The summed E-state index contributed by atoms with van der Waals surface area (Å²) >= 11 is 1.24. The summed E-state index contributed by atoms with van der Waals surface area (Å²) in [6, 6.07) is 6.24. The van der Waals surface area contributed by atoms with Gasteiger partial charge in [0.25, 0.3) is 0 Å². The molecule has 0 aliphatic carbocycles. The molecule has 1 amide bonds. The Morgan fingerprint density at radius 1 is 1.40 bits per heavy atom. The lowest BCUT2D eigenvalue weighted by Crippen LogP contribution is -2.32. The average Bonchev–Trinajstić information content (AvgIpc) is 2.95. The van der Waals surface area contributed by atoms with E-state index >= 15 is 0 Å². The molecule has 0 spiro atoms. The zero-order chi connectivity index (χ0) is 18.2. The van der Waals surface area contributed by atoms with E-state index in [1.165, 1.54) is 23.9 Å². The van der Waals surface area contributed by atoms with Crippen molar-refractivity contribution in [3.05, 3.63) is 46.1 Å². The molecule has 0 fully saturated rings. The number of unbranched alkanes of at least 4 members (excludes halogenated alkanes) is 1. The number of aromatic amines is 1. The number of nitrogens with one attached hydrogen (secondary N) is 1. The molecular formula is C17H23FN4O2S. The minimum Gasteiger partial charge on any atom is -0.338 e. The van der Waals surface area contributed by atoms with Crippen molar-refractivity contribution >= 4 is 17.7 Å². The molecule has 1 N–H and O–H groups in total. The summed E-state index contributed by atoms with van der Waals surface area (Å²) in [6.45, 7) is 5.40. The highest BCUT2D eigenvalue weighted by Gasteiger charge is 2.16. The molecule has 8 heteroatoms. The monoisotopic (exact) mass is 366 g/mol. The number of hydrogen-bond donors (Lipinski definition) is 1. The van der Waals surface area contributed by atoms with E-state index < -0.39 is 0 Å². The molecule has 0 atom stereocenters. The second kappa shape index (κ2) is 9.41. The summed E-state index contributed by atoms with van der Waals surface area (Å²) in [4.78, 5) is 25.9. The molecular weight excluding hydrogens is 343 g/mol. The molecule has 0 radical (unpaired) electrons. The lowest BCUT2D eigenvalue weighted by atomic mass is 10.2. The number of benzene rings is 1. The zero-order valence-electron chi connectivity index (χ0n) is 14.5. The van der Waals surface area contributed by atoms with Crippen LogP contribution in [0.3, 0.4) is 0 Å². The summed E-state index contributed by atoms with van der Waals surface area (Å²) in [7, 11) is 0. The van der Waals surface area contributed by atoms with Crippen LogP contribution in [0, 0.1) is 5.82 Å². The summed E-state index contributed by atoms with van der Waals surface area (Å²) in [6.07, 6.45) is 1.85. The lowest BCUT2D eigenvalue weighted by Gasteiger charge is -2.20. The summed E-state index contributed by atoms with van der Waals surface area (Å²) in [5.74, 6) is -0.208. The number of H-pyrrole nitrogens is 1. The Morgan fingerprint density at radius 2 is 2.20 bits per heavy atom. The predicted octanol–water partition coefficient (Wildman–Crippen LogP) is 2.65. The van der Waals surface area contributed by atoms with Gasteiger partial charge >= 0.3 is 5.69 Å². The quantitative estimate of drug-likeness (QED) is 0.693. The van der Waals surface area contributed by atoms with Crippen LogP contribution in [-0.4, -0.2) is 37.9 Å². The second-order valence-electron chi connectivity index (χ2n) is 5.64. The highest BCUT2D eigenvalue weighted by molar-refractivity contribution is 7.99. The van der Waals surface area contributed by atoms with Crippen LogP contribution < -0.4 is 5.69 Å². The van der Waals surface area contributed by atoms with Gasteiger partial charge in [-0.3, -0.25) is 9.36 Å². The standard InChI is InChI=1S/C17H23FN4O2S/c1-3-5-9-22-16(24)19-20-17(22)25-12-15(23)21(4-2)11-13-7-6-8-14(18)10-13/h6-8,10H,3-5,9,11-12H2,1-2H3,(H,19,24). The van der Waals surface area contributed by atoms with Gasteiger partial charge in [0, 0.05) is 19.6 Å². The molecule has 1 aromatic heterocycles. The van der Waals surface area contributed by atoms with E-state index in [0.29, 0.717) is 24.8 Å². The van der Waals surface area contributed by atoms with Crippen molar-refractivity contribution in [1.82, 2.24) is 19.7 Å². The second-order valence-corrected chi connectivity index (χ2v) is 6.59. The first-order chi connectivity index (χ1) is 12.0. The Morgan fingerprint density at radius 3 is 2.88 bits per heavy atom. The topological polar surface area (TPSA) is 71.0 Å². The van der Waals surface area contributed by atoms with Crippen molar-refractivity contribution in [1.29, 1.82) is 0 Å². The largest absolute Gasteiger partial charge is 0.343 e. The molecule has 0 bridgehead atoms. The fourth-order valence-electron chi connectivity index (χ4n) is 2.38. The van der Waals surface area contributed by atoms with Gasteiger partial charge in [-0.05, 0) is 31.0 Å². The van der Waals surface area contributed by atoms with E-state index in [2.05, 4.69) is 10.2 Å². The number of carbonyl (C=O) groups is 1. The molecule has 0 saturated carbocycles. The first-order valence-corrected chi connectivity index (χ1v) is 9.34. The van der Waals surface area contributed by atoms with E-state index in [9.17, 15) is 14.0 Å². The van der Waals surface area contributed by atoms with Crippen molar-refractivity contribution in [3.8, 4) is 0 Å². The Balaban J connectivity index is 1.97. The summed E-state index contributed by atoms with van der Waals surface area (Å²) in [5.41, 5.74) is 0.496. The molecule has 6 nitrogen and oxygen atoms in total. The van der Waals surface area contributed by atoms with Crippen LogP contribution in [0.5, 0.6) is 0 Å². The SMILES string of the molecule is CCCCn1c(SCC(=O)N(CC)Cc2cccc(F)c2)n[nH]c1=O. The third kappa shape index (κ3) is 5.45. The summed E-state index contributed by atoms with van der Waals surface area (Å²) in [5, 5.41) is 6.94. The maximum atomic E-state index is 13.3. The van der Waals surface area contributed by atoms with Crippen molar-refractivity contribution < 1.29 is 9.18 Å². The van der Waals surface area contributed by atoms with Crippen LogP contribution in [0.4, 0.5) is 4.39 Å². The highest BCUT2D eigenvalue weighted by atomic mass is 32.2. The number of aromatic nitrogens is 3. The van der Waals surface area contributed by atoms with Gasteiger partial charge in [-0.1, -0.05) is 37.2 Å². The van der Waals surface area contributed by atoms with Crippen LogP contribution in [0.15, 0.2) is 34.2 Å². The van der Waals surface area contributed by atoms with E-state index in [1.807, 2.05) is 13.8 Å². The fourth-order valence-corrected chi connectivity index (χ4v) is 3.25. The van der Waals surface area contributed by atoms with E-state index in [1.54, 1.807) is 21.6 Å². The van der Waals surface area contributed by atoms with Gasteiger partial charge in [0.1, 0.15) is 5.82 Å². The van der Waals surface area contributed by atoms with Gasteiger partial charge < -0.3 is 4.90 Å². The Kier molecular flexibility index (Phi) is 7.24. The maximum Gasteiger partial charge on any atom is 0.343 e. The molecule has 2 aromatic rings. The van der Waals surface area contributed by atoms with Gasteiger partial charge in [0.2, 0.25) is 5.91 Å². The number of carbonyl (C=O) groups excluding carboxylic acids is 1. The van der Waals surface area contributed by atoms with Crippen LogP contribution in [0.25, 0.3) is 0 Å². The van der Waals surface area contributed by atoms with Gasteiger partial charge in [0.15, 0.2) is 5.16 Å². The molecule has 0 aliphatic rings. The van der Waals surface area contributed by atoms with E-state index in [4.69, 9.17) is 0 Å². The van der Waals surface area contributed by atoms with Crippen LogP contribution in [0.1, 0.15) is 32.3 Å². The van der Waals surface area contributed by atoms with Crippen LogP contribution >= 0.6 is 11.8 Å². The van der Waals surface area contributed by atoms with Crippen molar-refractivity contribution in [2.75, 3.05) is 12.3 Å². The molecule has 0 saturated heterocycles. The normalized spacial score (nSPS) is 10.8. The zero-order valence-corrected chi connectivity index (χ0v) is 15.3. The Bertz CT molecular complexity index is 759. The lowest BCUT2D eigenvalue weighted by molar-refractivity contribution is -0.128. The van der Waals surface area contributed by atoms with Crippen molar-refractivity contribution in [2.24, 2.45) is 0 Å².